The summed E-state index contributed by atoms with van der Waals surface area (Å²) in [7, 11) is 0. The second kappa shape index (κ2) is 8.71. The molecular weight excluding hydrogens is 394 g/mol. The molecule has 0 aliphatic carbocycles. The summed E-state index contributed by atoms with van der Waals surface area (Å²) in [5.74, 6) is 0.490. The number of ether oxygens (including phenoxy) is 1. The van der Waals surface area contributed by atoms with Crippen LogP contribution < -0.4 is 20.7 Å². The van der Waals surface area contributed by atoms with E-state index in [4.69, 9.17) is 4.74 Å². The van der Waals surface area contributed by atoms with Crippen molar-refractivity contribution in [3.8, 4) is 11.5 Å². The van der Waals surface area contributed by atoms with Gasteiger partial charge in [-0.25, -0.2) is 4.79 Å². The largest absolute Gasteiger partial charge is 0.457 e. The summed E-state index contributed by atoms with van der Waals surface area (Å²) >= 11 is 0. The number of imide groups is 1. The van der Waals surface area contributed by atoms with Crippen LogP contribution in [0.5, 0.6) is 11.5 Å². The van der Waals surface area contributed by atoms with E-state index < -0.39 is 12.1 Å². The Morgan fingerprint density at radius 3 is 2.48 bits per heavy atom. The number of anilines is 1. The number of carbonyl (C=O) groups excluding carboxylic acids is 3. The van der Waals surface area contributed by atoms with Gasteiger partial charge < -0.3 is 15.4 Å². The number of hydrogen-bond donors (Lipinski definition) is 3. The van der Waals surface area contributed by atoms with Crippen LogP contribution in [0.3, 0.4) is 0 Å². The van der Waals surface area contributed by atoms with Gasteiger partial charge in [-0.15, -0.1) is 0 Å². The molecule has 3 aromatic rings. The van der Waals surface area contributed by atoms with Crippen molar-refractivity contribution >= 4 is 23.5 Å². The summed E-state index contributed by atoms with van der Waals surface area (Å²) in [5.41, 5.74) is 2.95. The van der Waals surface area contributed by atoms with Gasteiger partial charge in [-0.2, -0.15) is 0 Å². The molecule has 0 bridgehead atoms. The number of urea groups is 1. The molecule has 7 heteroatoms. The van der Waals surface area contributed by atoms with Crippen LogP contribution in [0.2, 0.25) is 0 Å². The summed E-state index contributed by atoms with van der Waals surface area (Å²) in [6.07, 6.45) is 0.374. The predicted octanol–water partition coefficient (Wildman–Crippen LogP) is 3.79. The fourth-order valence-corrected chi connectivity index (χ4v) is 3.31. The smallest absolute Gasteiger partial charge is 0.322 e. The van der Waals surface area contributed by atoms with Crippen LogP contribution in [0.15, 0.2) is 72.8 Å². The van der Waals surface area contributed by atoms with Gasteiger partial charge in [-0.05, 0) is 54.4 Å². The van der Waals surface area contributed by atoms with Gasteiger partial charge in [0.2, 0.25) is 0 Å². The van der Waals surface area contributed by atoms with Crippen molar-refractivity contribution in [2.45, 2.75) is 19.4 Å². The Morgan fingerprint density at radius 2 is 1.77 bits per heavy atom. The van der Waals surface area contributed by atoms with E-state index in [1.165, 1.54) is 0 Å². The van der Waals surface area contributed by atoms with Crippen molar-refractivity contribution in [2.24, 2.45) is 0 Å². The first-order valence-corrected chi connectivity index (χ1v) is 9.83. The fourth-order valence-electron chi connectivity index (χ4n) is 3.31. The second-order valence-electron chi connectivity index (χ2n) is 7.29. The monoisotopic (exact) mass is 415 g/mol. The molecule has 156 valence electrons. The predicted molar refractivity (Wildman–Crippen MR) is 116 cm³/mol. The number of aryl methyl sites for hydroxylation is 1. The normalized spacial score (nSPS) is 15.2. The lowest BCUT2D eigenvalue weighted by Crippen LogP contribution is -2.31. The molecule has 3 aromatic carbocycles. The average molecular weight is 415 g/mol. The molecule has 3 N–H and O–H groups in total. The van der Waals surface area contributed by atoms with Gasteiger partial charge in [0.05, 0.1) is 5.56 Å². The molecule has 1 aliphatic heterocycles. The lowest BCUT2D eigenvalue weighted by atomic mass is 10.1. The molecule has 31 heavy (non-hydrogen) atoms. The van der Waals surface area contributed by atoms with Crippen LogP contribution in [0, 0.1) is 6.92 Å². The SMILES string of the molecule is Cc1cccc(Oc2ccccc2C(=O)Nc2ccc(CC3NC(=O)NC3=O)cc2)c1. The molecule has 4 rings (SSSR count). The summed E-state index contributed by atoms with van der Waals surface area (Å²) in [5, 5.41) is 7.64. The Morgan fingerprint density at radius 1 is 1.00 bits per heavy atom. The van der Waals surface area contributed by atoms with Crippen LogP contribution in [0.25, 0.3) is 0 Å². The number of nitrogens with one attached hydrogen (secondary N) is 3. The molecule has 1 heterocycles. The van der Waals surface area contributed by atoms with Gasteiger partial charge in [-0.3, -0.25) is 14.9 Å². The highest BCUT2D eigenvalue weighted by molar-refractivity contribution is 6.06. The Hall–Kier alpha value is -4.13. The second-order valence-corrected chi connectivity index (χ2v) is 7.29. The number of para-hydroxylation sites is 1. The Balaban J connectivity index is 1.44. The first-order valence-electron chi connectivity index (χ1n) is 9.83. The molecule has 0 radical (unpaired) electrons. The highest BCUT2D eigenvalue weighted by atomic mass is 16.5. The number of rotatable bonds is 6. The van der Waals surface area contributed by atoms with Crippen molar-refractivity contribution in [3.63, 3.8) is 0 Å². The van der Waals surface area contributed by atoms with Gasteiger partial charge in [-0.1, -0.05) is 36.4 Å². The highest BCUT2D eigenvalue weighted by Gasteiger charge is 2.29. The third-order valence-corrected chi connectivity index (χ3v) is 4.86. The maximum atomic E-state index is 12.8. The van der Waals surface area contributed by atoms with Crippen molar-refractivity contribution in [2.75, 3.05) is 5.32 Å². The standard InChI is InChI=1S/C24H21N3O4/c1-15-5-4-6-18(13-15)31-21-8-3-2-7-19(21)22(28)25-17-11-9-16(10-12-17)14-20-23(29)27-24(30)26-20/h2-13,20H,14H2,1H3,(H,25,28)(H2,26,27,29,30). The average Bonchev–Trinajstić information content (AvgIpc) is 3.06. The van der Waals surface area contributed by atoms with Gasteiger partial charge >= 0.3 is 6.03 Å². The molecule has 0 aromatic heterocycles. The van der Waals surface area contributed by atoms with E-state index in [1.54, 1.807) is 30.3 Å². The zero-order chi connectivity index (χ0) is 21.8. The zero-order valence-corrected chi connectivity index (χ0v) is 16.8. The summed E-state index contributed by atoms with van der Waals surface area (Å²) in [6.45, 7) is 1.97. The molecule has 1 aliphatic rings. The van der Waals surface area contributed by atoms with Crippen LogP contribution >= 0.6 is 0 Å². The summed E-state index contributed by atoms with van der Waals surface area (Å²) in [4.78, 5) is 35.7. The molecule has 1 fully saturated rings. The lowest BCUT2D eigenvalue weighted by Gasteiger charge is -2.12. The van der Waals surface area contributed by atoms with Crippen LogP contribution in [-0.4, -0.2) is 23.9 Å². The Labute approximate surface area is 179 Å². The number of amides is 4. The summed E-state index contributed by atoms with van der Waals surface area (Å²) in [6, 6.07) is 20.7. The van der Waals surface area contributed by atoms with Crippen molar-refractivity contribution in [1.82, 2.24) is 10.6 Å². The molecule has 7 nitrogen and oxygen atoms in total. The highest BCUT2D eigenvalue weighted by Crippen LogP contribution is 2.26. The van der Waals surface area contributed by atoms with E-state index >= 15 is 0 Å². The topological polar surface area (TPSA) is 96.5 Å². The minimum absolute atomic E-state index is 0.293. The van der Waals surface area contributed by atoms with E-state index in [1.807, 2.05) is 49.4 Å². The molecule has 1 unspecified atom stereocenters. The van der Waals surface area contributed by atoms with Crippen LogP contribution in [0.4, 0.5) is 10.5 Å². The molecular formula is C24H21N3O4. The minimum Gasteiger partial charge on any atom is -0.457 e. The van der Waals surface area contributed by atoms with Crippen molar-refractivity contribution < 1.29 is 19.1 Å². The number of hydrogen-bond acceptors (Lipinski definition) is 4. The molecule has 1 saturated heterocycles. The quantitative estimate of drug-likeness (QED) is 0.534. The van der Waals surface area contributed by atoms with Crippen molar-refractivity contribution in [1.29, 1.82) is 0 Å². The Bertz CT molecular complexity index is 1140. The van der Waals surface area contributed by atoms with Gasteiger partial charge in [0.1, 0.15) is 17.5 Å². The third kappa shape index (κ3) is 4.90. The van der Waals surface area contributed by atoms with E-state index in [9.17, 15) is 14.4 Å². The van der Waals surface area contributed by atoms with E-state index in [2.05, 4.69) is 16.0 Å². The van der Waals surface area contributed by atoms with E-state index in [-0.39, 0.29) is 11.8 Å². The first-order chi connectivity index (χ1) is 15.0. The maximum absolute atomic E-state index is 12.8. The van der Waals surface area contributed by atoms with Gasteiger partial charge in [0, 0.05) is 12.1 Å². The third-order valence-electron chi connectivity index (χ3n) is 4.86. The Kier molecular flexibility index (Phi) is 5.66. The molecule has 4 amide bonds. The van der Waals surface area contributed by atoms with Crippen LogP contribution in [0.1, 0.15) is 21.5 Å². The van der Waals surface area contributed by atoms with Crippen molar-refractivity contribution in [3.05, 3.63) is 89.5 Å². The summed E-state index contributed by atoms with van der Waals surface area (Å²) < 4.78 is 5.93. The maximum Gasteiger partial charge on any atom is 0.322 e. The molecule has 0 spiro atoms. The van der Waals surface area contributed by atoms with Crippen LogP contribution in [-0.2, 0) is 11.2 Å². The van der Waals surface area contributed by atoms with Gasteiger partial charge in [0.15, 0.2) is 0 Å². The fraction of sp³-hybridized carbons (Fsp3) is 0.125. The number of carbonyl (C=O) groups is 3. The minimum atomic E-state index is -0.585. The molecule has 1 atom stereocenters. The number of benzene rings is 3. The van der Waals surface area contributed by atoms with E-state index in [0.717, 1.165) is 11.1 Å². The zero-order valence-electron chi connectivity index (χ0n) is 16.8. The van der Waals surface area contributed by atoms with E-state index in [0.29, 0.717) is 29.2 Å². The van der Waals surface area contributed by atoms with Gasteiger partial charge in [0.25, 0.3) is 11.8 Å². The first kappa shape index (κ1) is 20.2. The molecule has 0 saturated carbocycles. The lowest BCUT2D eigenvalue weighted by molar-refractivity contribution is -0.120.